The molecule has 2 aromatic heterocycles. The van der Waals surface area contributed by atoms with Crippen LogP contribution in [0.2, 0.25) is 0 Å². The van der Waals surface area contributed by atoms with Crippen LogP contribution in [-0.2, 0) is 6.54 Å². The van der Waals surface area contributed by atoms with Crippen LogP contribution in [0.5, 0.6) is 5.75 Å². The third kappa shape index (κ3) is 3.30. The molecule has 0 saturated carbocycles. The maximum absolute atomic E-state index is 11.4. The number of methoxy groups -OCH3 is 1. The Morgan fingerprint density at radius 1 is 0.962 bits per heavy atom. The lowest BCUT2D eigenvalue weighted by Gasteiger charge is -2.09. The highest BCUT2D eigenvalue weighted by atomic mass is 16.5. The SMILES string of the molecule is COc1ccc(CNc2cncc(-c3ccc4[nH]c(=O)[nH]c4c3)c2)cc1. The van der Waals surface area contributed by atoms with E-state index in [2.05, 4.69) is 20.3 Å². The minimum atomic E-state index is -0.204. The van der Waals surface area contributed by atoms with Crippen LogP contribution in [0.15, 0.2) is 65.7 Å². The number of ether oxygens (including phenoxy) is 1. The van der Waals surface area contributed by atoms with E-state index in [1.807, 2.05) is 54.7 Å². The van der Waals surface area contributed by atoms with Gasteiger partial charge in [0.1, 0.15) is 5.75 Å². The van der Waals surface area contributed by atoms with Crippen molar-refractivity contribution in [2.24, 2.45) is 0 Å². The standard InChI is InChI=1S/C20H18N4O2/c1-26-17-5-2-13(3-6-17)10-22-16-8-15(11-21-12-16)14-4-7-18-19(9-14)24-20(25)23-18/h2-9,11-12,22H,10H2,1H3,(H2,23,24,25). The molecular weight excluding hydrogens is 328 g/mol. The molecule has 4 aromatic rings. The molecule has 0 spiro atoms. The first kappa shape index (κ1) is 16.0. The molecule has 0 saturated heterocycles. The number of imidazole rings is 1. The summed E-state index contributed by atoms with van der Waals surface area (Å²) in [6, 6.07) is 15.8. The molecule has 0 unspecified atom stereocenters. The second kappa shape index (κ2) is 6.76. The molecule has 2 aromatic carbocycles. The van der Waals surface area contributed by atoms with Crippen LogP contribution in [0.1, 0.15) is 5.56 Å². The number of rotatable bonds is 5. The van der Waals surface area contributed by atoms with E-state index in [1.165, 1.54) is 0 Å². The van der Waals surface area contributed by atoms with Gasteiger partial charge in [-0.05, 0) is 41.5 Å². The quantitative estimate of drug-likeness (QED) is 0.516. The molecule has 0 amide bonds. The number of hydrogen-bond acceptors (Lipinski definition) is 4. The van der Waals surface area contributed by atoms with Crippen LogP contribution in [0.3, 0.4) is 0 Å². The molecule has 0 aliphatic heterocycles. The number of aromatic amines is 2. The first-order valence-electron chi connectivity index (χ1n) is 8.25. The van der Waals surface area contributed by atoms with E-state index >= 15 is 0 Å². The van der Waals surface area contributed by atoms with Crippen molar-refractivity contribution in [3.8, 4) is 16.9 Å². The van der Waals surface area contributed by atoms with Gasteiger partial charge in [-0.2, -0.15) is 0 Å². The molecule has 4 rings (SSSR count). The van der Waals surface area contributed by atoms with Gasteiger partial charge in [0.15, 0.2) is 0 Å². The predicted molar refractivity (Wildman–Crippen MR) is 102 cm³/mol. The van der Waals surface area contributed by atoms with Gasteiger partial charge in [-0.1, -0.05) is 18.2 Å². The van der Waals surface area contributed by atoms with E-state index in [0.717, 1.165) is 39.2 Å². The minimum absolute atomic E-state index is 0.204. The highest BCUT2D eigenvalue weighted by Crippen LogP contribution is 2.24. The molecule has 0 aliphatic rings. The summed E-state index contributed by atoms with van der Waals surface area (Å²) in [6.07, 6.45) is 3.61. The summed E-state index contributed by atoms with van der Waals surface area (Å²) in [4.78, 5) is 21.3. The number of H-pyrrole nitrogens is 2. The topological polar surface area (TPSA) is 82.8 Å². The van der Waals surface area contributed by atoms with Gasteiger partial charge in [-0.3, -0.25) is 4.98 Å². The third-order valence-electron chi connectivity index (χ3n) is 4.24. The third-order valence-corrected chi connectivity index (χ3v) is 4.24. The molecule has 0 atom stereocenters. The van der Waals surface area contributed by atoms with Crippen LogP contribution in [0.25, 0.3) is 22.2 Å². The summed E-state index contributed by atoms with van der Waals surface area (Å²) in [6.45, 7) is 0.694. The maximum Gasteiger partial charge on any atom is 0.323 e. The van der Waals surface area contributed by atoms with Crippen molar-refractivity contribution in [1.82, 2.24) is 15.0 Å². The lowest BCUT2D eigenvalue weighted by molar-refractivity contribution is 0.414. The number of fused-ring (bicyclic) bond motifs is 1. The van der Waals surface area contributed by atoms with Crippen molar-refractivity contribution in [2.45, 2.75) is 6.54 Å². The summed E-state index contributed by atoms with van der Waals surface area (Å²) in [7, 11) is 1.66. The molecule has 2 heterocycles. The number of benzene rings is 2. The second-order valence-electron chi connectivity index (χ2n) is 6.00. The van der Waals surface area contributed by atoms with Crippen LogP contribution in [0, 0.1) is 0 Å². The van der Waals surface area contributed by atoms with E-state index in [1.54, 1.807) is 13.3 Å². The Balaban J connectivity index is 1.54. The number of hydrogen-bond donors (Lipinski definition) is 3. The van der Waals surface area contributed by atoms with Gasteiger partial charge in [0.25, 0.3) is 0 Å². The summed E-state index contributed by atoms with van der Waals surface area (Å²) in [5.41, 5.74) is 5.43. The number of aromatic nitrogens is 3. The molecule has 0 aliphatic carbocycles. The Morgan fingerprint density at radius 2 is 1.77 bits per heavy atom. The molecule has 0 bridgehead atoms. The van der Waals surface area contributed by atoms with Gasteiger partial charge in [-0.15, -0.1) is 0 Å². The average molecular weight is 346 g/mol. The second-order valence-corrected chi connectivity index (χ2v) is 6.00. The van der Waals surface area contributed by atoms with E-state index in [-0.39, 0.29) is 5.69 Å². The van der Waals surface area contributed by atoms with Gasteiger partial charge >= 0.3 is 5.69 Å². The fourth-order valence-electron chi connectivity index (χ4n) is 2.85. The van der Waals surface area contributed by atoms with Crippen molar-refractivity contribution in [3.63, 3.8) is 0 Å². The summed E-state index contributed by atoms with van der Waals surface area (Å²) in [5, 5.41) is 3.38. The molecule has 6 heteroatoms. The normalized spacial score (nSPS) is 10.8. The monoisotopic (exact) mass is 346 g/mol. The van der Waals surface area contributed by atoms with E-state index in [0.29, 0.717) is 6.54 Å². The molecule has 6 nitrogen and oxygen atoms in total. The zero-order valence-corrected chi connectivity index (χ0v) is 14.2. The first-order valence-corrected chi connectivity index (χ1v) is 8.25. The number of nitrogens with one attached hydrogen (secondary N) is 3. The van der Waals surface area contributed by atoms with Gasteiger partial charge < -0.3 is 20.0 Å². The van der Waals surface area contributed by atoms with Crippen LogP contribution in [-0.4, -0.2) is 22.1 Å². The predicted octanol–water partition coefficient (Wildman–Crippen LogP) is 3.54. The highest BCUT2D eigenvalue weighted by Gasteiger charge is 2.04. The smallest absolute Gasteiger partial charge is 0.323 e. The largest absolute Gasteiger partial charge is 0.497 e. The lowest BCUT2D eigenvalue weighted by atomic mass is 10.1. The zero-order valence-electron chi connectivity index (χ0n) is 14.2. The lowest BCUT2D eigenvalue weighted by Crippen LogP contribution is -2.00. The van der Waals surface area contributed by atoms with Crippen molar-refractivity contribution in [2.75, 3.05) is 12.4 Å². The molecule has 130 valence electrons. The fourth-order valence-corrected chi connectivity index (χ4v) is 2.85. The minimum Gasteiger partial charge on any atom is -0.497 e. The Morgan fingerprint density at radius 3 is 2.58 bits per heavy atom. The zero-order chi connectivity index (χ0) is 17.9. The molecule has 0 radical (unpaired) electrons. The molecule has 26 heavy (non-hydrogen) atoms. The summed E-state index contributed by atoms with van der Waals surface area (Å²) < 4.78 is 5.17. The maximum atomic E-state index is 11.4. The Labute approximate surface area is 149 Å². The first-order chi connectivity index (χ1) is 12.7. The average Bonchev–Trinajstić information content (AvgIpc) is 3.06. The van der Waals surface area contributed by atoms with Crippen LogP contribution in [0.4, 0.5) is 5.69 Å². The van der Waals surface area contributed by atoms with Crippen LogP contribution < -0.4 is 15.7 Å². The number of pyridine rings is 1. The van der Waals surface area contributed by atoms with Crippen LogP contribution >= 0.6 is 0 Å². The van der Waals surface area contributed by atoms with Gasteiger partial charge in [0.2, 0.25) is 0 Å². The van der Waals surface area contributed by atoms with Gasteiger partial charge in [0.05, 0.1) is 23.8 Å². The fraction of sp³-hybridized carbons (Fsp3) is 0.100. The Bertz CT molecular complexity index is 1100. The van der Waals surface area contributed by atoms with Crippen molar-refractivity contribution < 1.29 is 4.74 Å². The highest BCUT2D eigenvalue weighted by molar-refractivity contribution is 5.81. The van der Waals surface area contributed by atoms with Crippen molar-refractivity contribution in [1.29, 1.82) is 0 Å². The van der Waals surface area contributed by atoms with E-state index in [4.69, 9.17) is 4.74 Å². The molecule has 3 N–H and O–H groups in total. The van der Waals surface area contributed by atoms with E-state index < -0.39 is 0 Å². The number of nitrogens with zero attached hydrogens (tertiary/aromatic N) is 1. The molecule has 0 fully saturated rings. The van der Waals surface area contributed by atoms with Gasteiger partial charge in [0, 0.05) is 24.5 Å². The molecular formula is C20H18N4O2. The Hall–Kier alpha value is -3.54. The summed E-state index contributed by atoms with van der Waals surface area (Å²) >= 11 is 0. The number of anilines is 1. The Kier molecular flexibility index (Phi) is 4.15. The van der Waals surface area contributed by atoms with Crippen molar-refractivity contribution >= 4 is 16.7 Å². The summed E-state index contributed by atoms with van der Waals surface area (Å²) in [5.74, 6) is 0.843. The van der Waals surface area contributed by atoms with Gasteiger partial charge in [-0.25, -0.2) is 4.79 Å². The van der Waals surface area contributed by atoms with Crippen molar-refractivity contribution in [3.05, 3.63) is 77.0 Å². The van der Waals surface area contributed by atoms with E-state index in [9.17, 15) is 4.79 Å².